The number of nitrogens with two attached hydrogens (primary N) is 1. The Labute approximate surface area is 204 Å². The Bertz CT molecular complexity index is 1360. The van der Waals surface area contributed by atoms with Gasteiger partial charge in [0.05, 0.1) is 43.0 Å². The number of nitriles is 1. The molecule has 1 aliphatic heterocycles. The van der Waals surface area contributed by atoms with Crippen LogP contribution in [0.2, 0.25) is 0 Å². The Morgan fingerprint density at radius 1 is 1.09 bits per heavy atom. The molecule has 1 atom stereocenters. The summed E-state index contributed by atoms with van der Waals surface area (Å²) in [7, 11) is 2.38. The number of aromatic nitrogens is 2. The molecule has 35 heavy (non-hydrogen) atoms. The second kappa shape index (κ2) is 10.1. The number of nitrogens with zero attached hydrogens (tertiary/aromatic N) is 4. The van der Waals surface area contributed by atoms with Crippen molar-refractivity contribution in [2.75, 3.05) is 19.1 Å². The molecule has 4 rings (SSSR count). The zero-order chi connectivity index (χ0) is 24.9. The largest absolute Gasteiger partial charge is 0.466 e. The van der Waals surface area contributed by atoms with Crippen molar-refractivity contribution in [3.05, 3.63) is 88.3 Å². The van der Waals surface area contributed by atoms with Crippen molar-refractivity contribution < 1.29 is 23.8 Å². The van der Waals surface area contributed by atoms with Crippen molar-refractivity contribution in [3.63, 3.8) is 0 Å². The molecule has 2 heterocycles. The minimum absolute atomic E-state index is 0.0394. The lowest BCUT2D eigenvalue weighted by Crippen LogP contribution is -2.40. The van der Waals surface area contributed by atoms with Crippen LogP contribution in [0.25, 0.3) is 0 Å². The molecule has 176 valence electrons. The van der Waals surface area contributed by atoms with Crippen LogP contribution in [0.4, 0.5) is 5.69 Å². The number of allylic oxidation sites excluding steroid dienone is 1. The van der Waals surface area contributed by atoms with Gasteiger partial charge in [-0.15, -0.1) is 5.10 Å². The van der Waals surface area contributed by atoms with Gasteiger partial charge in [-0.2, -0.15) is 5.26 Å². The summed E-state index contributed by atoms with van der Waals surface area (Å²) in [4.78, 5) is 27.5. The fraction of sp³-hybridized carbons (Fsp3) is 0.125. The van der Waals surface area contributed by atoms with Crippen molar-refractivity contribution in [1.82, 2.24) is 10.2 Å². The summed E-state index contributed by atoms with van der Waals surface area (Å²) in [6, 6.07) is 17.5. The van der Waals surface area contributed by atoms with E-state index in [1.807, 2.05) is 0 Å². The summed E-state index contributed by atoms with van der Waals surface area (Å²) in [6.45, 7) is 0. The zero-order valence-corrected chi connectivity index (χ0v) is 19.5. The van der Waals surface area contributed by atoms with Crippen LogP contribution < -0.4 is 15.4 Å². The van der Waals surface area contributed by atoms with Gasteiger partial charge in [-0.05, 0) is 17.7 Å². The predicted molar refractivity (Wildman–Crippen MR) is 126 cm³/mol. The van der Waals surface area contributed by atoms with E-state index in [9.17, 15) is 14.9 Å². The zero-order valence-electron chi connectivity index (χ0n) is 18.7. The van der Waals surface area contributed by atoms with Crippen molar-refractivity contribution >= 4 is 29.0 Å². The molecule has 0 saturated carbocycles. The number of anilines is 1. The molecule has 2 N–H and O–H groups in total. The second-order valence-corrected chi connectivity index (χ2v) is 7.94. The fourth-order valence-electron chi connectivity index (χ4n) is 3.78. The van der Waals surface area contributed by atoms with Gasteiger partial charge in [0.25, 0.3) is 5.19 Å². The first kappa shape index (κ1) is 23.5. The molecule has 10 nitrogen and oxygen atoms in total. The minimum Gasteiger partial charge on any atom is -0.466 e. The molecular formula is C24H19N5O5S. The highest BCUT2D eigenvalue weighted by Crippen LogP contribution is 2.43. The second-order valence-electron chi connectivity index (χ2n) is 7.14. The lowest BCUT2D eigenvalue weighted by molar-refractivity contribution is -0.139. The topological polar surface area (TPSA) is 141 Å². The van der Waals surface area contributed by atoms with Crippen LogP contribution >= 0.6 is 11.3 Å². The van der Waals surface area contributed by atoms with Gasteiger partial charge in [-0.25, -0.2) is 9.59 Å². The van der Waals surface area contributed by atoms with Crippen LogP contribution in [-0.2, 0) is 19.1 Å². The summed E-state index contributed by atoms with van der Waals surface area (Å²) in [5.74, 6) is -2.24. The van der Waals surface area contributed by atoms with E-state index in [1.165, 1.54) is 36.0 Å². The molecule has 0 spiro atoms. The molecule has 0 aliphatic carbocycles. The quantitative estimate of drug-likeness (QED) is 0.513. The van der Waals surface area contributed by atoms with Gasteiger partial charge in [-0.1, -0.05) is 52.8 Å². The number of carbonyl (C=O) groups excluding carboxylic acids is 2. The van der Waals surface area contributed by atoms with E-state index >= 15 is 0 Å². The van der Waals surface area contributed by atoms with Gasteiger partial charge in [0.1, 0.15) is 22.8 Å². The Hall–Kier alpha value is -4.69. The lowest BCUT2D eigenvalue weighted by Gasteiger charge is -2.35. The first-order valence-corrected chi connectivity index (χ1v) is 11.1. The summed E-state index contributed by atoms with van der Waals surface area (Å²) < 4.78 is 15.8. The normalized spacial score (nSPS) is 15.5. The number of ether oxygens (including phenoxy) is 3. The number of hydrogen-bond donors (Lipinski definition) is 1. The van der Waals surface area contributed by atoms with Gasteiger partial charge >= 0.3 is 11.9 Å². The number of benzene rings is 2. The van der Waals surface area contributed by atoms with Gasteiger partial charge in [0, 0.05) is 6.07 Å². The number of methoxy groups -OCH3 is 2. The average Bonchev–Trinajstić information content (AvgIpc) is 3.40. The van der Waals surface area contributed by atoms with E-state index in [0.29, 0.717) is 22.2 Å². The SMILES string of the molecule is COC(=O)C1=C(C(=O)OC)N(c2cccc(Oc3nncs3)c2)C(N)=C(C#N)C1c1ccccc1. The van der Waals surface area contributed by atoms with E-state index in [1.54, 1.807) is 54.6 Å². The number of rotatable bonds is 6. The van der Waals surface area contributed by atoms with Crippen LogP contribution in [0.15, 0.2) is 82.8 Å². The highest BCUT2D eigenvalue weighted by molar-refractivity contribution is 7.11. The molecule has 0 saturated heterocycles. The highest BCUT2D eigenvalue weighted by atomic mass is 32.1. The van der Waals surface area contributed by atoms with E-state index < -0.39 is 17.9 Å². The molecular weight excluding hydrogens is 470 g/mol. The van der Waals surface area contributed by atoms with Crippen molar-refractivity contribution in [2.24, 2.45) is 5.73 Å². The van der Waals surface area contributed by atoms with Crippen LogP contribution in [-0.4, -0.2) is 36.4 Å². The van der Waals surface area contributed by atoms with E-state index in [-0.39, 0.29) is 22.7 Å². The molecule has 0 radical (unpaired) electrons. The van der Waals surface area contributed by atoms with Gasteiger partial charge in [0.15, 0.2) is 0 Å². The third kappa shape index (κ3) is 4.42. The fourth-order valence-corrected chi connectivity index (χ4v) is 4.20. The Morgan fingerprint density at radius 3 is 2.46 bits per heavy atom. The van der Waals surface area contributed by atoms with Crippen molar-refractivity contribution in [3.8, 4) is 17.0 Å². The third-order valence-electron chi connectivity index (χ3n) is 5.23. The van der Waals surface area contributed by atoms with Gasteiger partial charge < -0.3 is 19.9 Å². The van der Waals surface area contributed by atoms with E-state index in [4.69, 9.17) is 19.9 Å². The Kier molecular flexibility index (Phi) is 6.75. The maximum atomic E-state index is 13.1. The van der Waals surface area contributed by atoms with Crippen molar-refractivity contribution in [1.29, 1.82) is 5.26 Å². The third-order valence-corrected chi connectivity index (χ3v) is 5.80. The maximum absolute atomic E-state index is 13.1. The monoisotopic (exact) mass is 489 g/mol. The molecule has 0 amide bonds. The highest BCUT2D eigenvalue weighted by Gasteiger charge is 2.43. The number of esters is 2. The summed E-state index contributed by atoms with van der Waals surface area (Å²) in [5.41, 5.74) is 8.78. The Balaban J connectivity index is 1.96. The van der Waals surface area contributed by atoms with Crippen LogP contribution in [0.3, 0.4) is 0 Å². The predicted octanol–water partition coefficient (Wildman–Crippen LogP) is 3.23. The van der Waals surface area contributed by atoms with Crippen molar-refractivity contribution in [2.45, 2.75) is 5.92 Å². The van der Waals surface area contributed by atoms with Gasteiger partial charge in [0.2, 0.25) is 0 Å². The molecule has 1 unspecified atom stereocenters. The first-order valence-electron chi connectivity index (χ1n) is 10.2. The Morgan fingerprint density at radius 2 is 1.83 bits per heavy atom. The molecule has 11 heteroatoms. The number of hydrogen-bond acceptors (Lipinski definition) is 11. The van der Waals surface area contributed by atoms with Crippen LogP contribution in [0, 0.1) is 11.3 Å². The molecule has 1 aromatic heterocycles. The van der Waals surface area contributed by atoms with E-state index in [2.05, 4.69) is 16.3 Å². The minimum atomic E-state index is -0.945. The molecule has 1 aliphatic rings. The lowest BCUT2D eigenvalue weighted by atomic mass is 9.81. The molecule has 2 aromatic carbocycles. The van der Waals surface area contributed by atoms with E-state index in [0.717, 1.165) is 0 Å². The smallest absolute Gasteiger partial charge is 0.355 e. The molecule has 3 aromatic rings. The first-order chi connectivity index (χ1) is 17.0. The summed E-state index contributed by atoms with van der Waals surface area (Å²) in [5, 5.41) is 18.0. The van der Waals surface area contributed by atoms with Crippen LogP contribution in [0.1, 0.15) is 11.5 Å². The maximum Gasteiger partial charge on any atom is 0.355 e. The summed E-state index contributed by atoms with van der Waals surface area (Å²) >= 11 is 1.20. The molecule has 0 bridgehead atoms. The van der Waals surface area contributed by atoms with Gasteiger partial charge in [-0.3, -0.25) is 4.90 Å². The standard InChI is InChI=1S/C24H19N5O5S/c1-32-22(30)19-18(14-7-4-3-5-8-14)17(12-25)21(26)29(20(19)23(31)33-2)15-9-6-10-16(11-15)34-24-28-27-13-35-24/h3-11,13,18H,26H2,1-2H3. The number of carbonyl (C=O) groups is 2. The van der Waals surface area contributed by atoms with Crippen LogP contribution in [0.5, 0.6) is 10.9 Å². The summed E-state index contributed by atoms with van der Waals surface area (Å²) in [6.07, 6.45) is 0. The average molecular weight is 490 g/mol. The molecule has 0 fully saturated rings.